The molecule has 0 aromatic carbocycles. The molecule has 0 spiro atoms. The molecule has 1 radical (unpaired) electrons. The van der Waals surface area contributed by atoms with Gasteiger partial charge in [0.05, 0.1) is 13.2 Å². The molecule has 51 valence electrons. The molecular formula is C5H12NaO3. The van der Waals surface area contributed by atoms with Crippen LogP contribution < -0.4 is 0 Å². The zero-order valence-electron chi connectivity index (χ0n) is 6.00. The quantitative estimate of drug-likeness (QED) is 0.496. The SMILES string of the molecule is CCOCC(O)CO.[Na]. The molecule has 0 aromatic rings. The molecule has 0 fully saturated rings. The van der Waals surface area contributed by atoms with Crippen molar-refractivity contribution in [2.75, 3.05) is 19.8 Å². The van der Waals surface area contributed by atoms with Crippen molar-refractivity contribution in [3.05, 3.63) is 0 Å². The first-order chi connectivity index (χ1) is 3.81. The second kappa shape index (κ2) is 8.88. The summed E-state index contributed by atoms with van der Waals surface area (Å²) in [6.07, 6.45) is -0.713. The fourth-order valence-corrected chi connectivity index (χ4v) is 0.307. The Morgan fingerprint density at radius 2 is 2.11 bits per heavy atom. The minimum atomic E-state index is -0.713. The van der Waals surface area contributed by atoms with E-state index in [1.54, 1.807) is 0 Å². The summed E-state index contributed by atoms with van der Waals surface area (Å²) in [5.41, 5.74) is 0. The molecule has 0 rings (SSSR count). The van der Waals surface area contributed by atoms with Gasteiger partial charge in [-0.05, 0) is 6.92 Å². The average molecular weight is 143 g/mol. The first kappa shape index (κ1) is 12.5. The summed E-state index contributed by atoms with van der Waals surface area (Å²) in [6, 6.07) is 0. The topological polar surface area (TPSA) is 49.7 Å². The van der Waals surface area contributed by atoms with E-state index in [9.17, 15) is 0 Å². The Morgan fingerprint density at radius 3 is 2.44 bits per heavy atom. The number of aliphatic hydroxyl groups excluding tert-OH is 2. The van der Waals surface area contributed by atoms with Crippen LogP contribution in [0.15, 0.2) is 0 Å². The summed E-state index contributed by atoms with van der Waals surface area (Å²) >= 11 is 0. The number of hydrogen-bond donors (Lipinski definition) is 2. The van der Waals surface area contributed by atoms with Gasteiger partial charge in [-0.1, -0.05) is 0 Å². The van der Waals surface area contributed by atoms with E-state index in [1.165, 1.54) is 0 Å². The standard InChI is InChI=1S/C5H12O3.Na/c1-2-8-4-5(7)3-6;/h5-7H,2-4H2,1H3;. The van der Waals surface area contributed by atoms with Gasteiger partial charge in [-0.2, -0.15) is 0 Å². The first-order valence-corrected chi connectivity index (χ1v) is 2.68. The van der Waals surface area contributed by atoms with Crippen LogP contribution in [0.2, 0.25) is 0 Å². The van der Waals surface area contributed by atoms with Crippen molar-refractivity contribution in [3.63, 3.8) is 0 Å². The molecule has 0 amide bonds. The van der Waals surface area contributed by atoms with Gasteiger partial charge in [-0.25, -0.2) is 0 Å². The van der Waals surface area contributed by atoms with Crippen LogP contribution in [-0.4, -0.2) is 65.7 Å². The second-order valence-corrected chi connectivity index (χ2v) is 1.50. The normalized spacial score (nSPS) is 12.3. The van der Waals surface area contributed by atoms with Crippen molar-refractivity contribution >= 4 is 29.6 Å². The molecule has 3 nitrogen and oxygen atoms in total. The third kappa shape index (κ3) is 8.88. The molecule has 0 aliphatic carbocycles. The van der Waals surface area contributed by atoms with Gasteiger partial charge in [0.1, 0.15) is 6.10 Å². The maximum atomic E-state index is 8.61. The molecule has 0 aliphatic heterocycles. The van der Waals surface area contributed by atoms with Crippen LogP contribution in [0.5, 0.6) is 0 Å². The van der Waals surface area contributed by atoms with E-state index >= 15 is 0 Å². The van der Waals surface area contributed by atoms with Crippen LogP contribution in [0.25, 0.3) is 0 Å². The molecule has 2 N–H and O–H groups in total. The Hall–Kier alpha value is 0.880. The van der Waals surface area contributed by atoms with Gasteiger partial charge in [-0.15, -0.1) is 0 Å². The van der Waals surface area contributed by atoms with Crippen molar-refractivity contribution in [3.8, 4) is 0 Å². The average Bonchev–Trinajstić information content (AvgIpc) is 1.83. The smallest absolute Gasteiger partial charge is 0.100 e. The molecule has 1 atom stereocenters. The van der Waals surface area contributed by atoms with E-state index in [2.05, 4.69) is 0 Å². The number of ether oxygens (including phenoxy) is 1. The Bertz CT molecular complexity index is 51.5. The molecule has 0 aliphatic rings. The summed E-state index contributed by atoms with van der Waals surface area (Å²) in [4.78, 5) is 0. The van der Waals surface area contributed by atoms with Crippen molar-refractivity contribution in [2.45, 2.75) is 13.0 Å². The van der Waals surface area contributed by atoms with E-state index in [-0.39, 0.29) is 42.8 Å². The van der Waals surface area contributed by atoms with E-state index < -0.39 is 6.10 Å². The monoisotopic (exact) mass is 143 g/mol. The van der Waals surface area contributed by atoms with Crippen molar-refractivity contribution in [1.82, 2.24) is 0 Å². The van der Waals surface area contributed by atoms with Gasteiger partial charge >= 0.3 is 0 Å². The minimum Gasteiger partial charge on any atom is -0.394 e. The summed E-state index contributed by atoms with van der Waals surface area (Å²) in [5, 5.41) is 16.8. The fourth-order valence-electron chi connectivity index (χ4n) is 0.307. The van der Waals surface area contributed by atoms with Crippen LogP contribution in [0, 0.1) is 0 Å². The maximum absolute atomic E-state index is 8.61. The number of hydrogen-bond acceptors (Lipinski definition) is 3. The molecule has 0 saturated carbocycles. The van der Waals surface area contributed by atoms with Crippen molar-refractivity contribution < 1.29 is 14.9 Å². The second-order valence-electron chi connectivity index (χ2n) is 1.50. The summed E-state index contributed by atoms with van der Waals surface area (Å²) in [6.45, 7) is 2.42. The van der Waals surface area contributed by atoms with Gasteiger partial charge in [0.2, 0.25) is 0 Å². The summed E-state index contributed by atoms with van der Waals surface area (Å²) in [7, 11) is 0. The largest absolute Gasteiger partial charge is 0.394 e. The zero-order valence-corrected chi connectivity index (χ0v) is 8.00. The molecule has 9 heavy (non-hydrogen) atoms. The Morgan fingerprint density at radius 1 is 1.56 bits per heavy atom. The van der Waals surface area contributed by atoms with Gasteiger partial charge < -0.3 is 14.9 Å². The summed E-state index contributed by atoms with van der Waals surface area (Å²) in [5.74, 6) is 0. The fraction of sp³-hybridized carbons (Fsp3) is 1.00. The molecule has 0 aromatic heterocycles. The Balaban J connectivity index is 0. The third-order valence-corrected chi connectivity index (χ3v) is 0.725. The van der Waals surface area contributed by atoms with Crippen LogP contribution in [0.4, 0.5) is 0 Å². The van der Waals surface area contributed by atoms with Gasteiger partial charge in [0.25, 0.3) is 0 Å². The maximum Gasteiger partial charge on any atom is 0.100 e. The van der Waals surface area contributed by atoms with Crippen molar-refractivity contribution in [1.29, 1.82) is 0 Å². The van der Waals surface area contributed by atoms with Crippen LogP contribution in [0.3, 0.4) is 0 Å². The van der Waals surface area contributed by atoms with Crippen LogP contribution in [-0.2, 0) is 4.74 Å². The molecule has 0 bridgehead atoms. The predicted octanol–water partition coefficient (Wildman–Crippen LogP) is -1.00. The molecule has 0 heterocycles. The molecule has 1 unspecified atom stereocenters. The van der Waals surface area contributed by atoms with Crippen LogP contribution >= 0.6 is 0 Å². The minimum absolute atomic E-state index is 0. The first-order valence-electron chi connectivity index (χ1n) is 2.68. The Labute approximate surface area is 77.3 Å². The van der Waals surface area contributed by atoms with E-state index in [1.807, 2.05) is 6.92 Å². The molecular weight excluding hydrogens is 131 g/mol. The van der Waals surface area contributed by atoms with Gasteiger partial charge in [0, 0.05) is 36.2 Å². The molecule has 4 heteroatoms. The zero-order chi connectivity index (χ0) is 6.41. The predicted molar refractivity (Wildman–Crippen MR) is 35.3 cm³/mol. The van der Waals surface area contributed by atoms with Gasteiger partial charge in [-0.3, -0.25) is 0 Å². The van der Waals surface area contributed by atoms with Gasteiger partial charge in [0.15, 0.2) is 0 Å². The van der Waals surface area contributed by atoms with Crippen molar-refractivity contribution in [2.24, 2.45) is 0 Å². The third-order valence-electron chi connectivity index (χ3n) is 0.725. The van der Waals surface area contributed by atoms with E-state index in [0.29, 0.717) is 6.61 Å². The summed E-state index contributed by atoms with van der Waals surface area (Å²) < 4.78 is 4.78. The Kier molecular flexibility index (Phi) is 12.4. The van der Waals surface area contributed by atoms with Crippen LogP contribution in [0.1, 0.15) is 6.92 Å². The number of aliphatic hydroxyl groups is 2. The van der Waals surface area contributed by atoms with E-state index in [0.717, 1.165) is 0 Å². The number of rotatable bonds is 4. The van der Waals surface area contributed by atoms with E-state index in [4.69, 9.17) is 14.9 Å². The molecule has 0 saturated heterocycles.